The second-order valence-electron chi connectivity index (χ2n) is 7.88. The molecular formula is C25H24ClN5O4. The molecule has 4 rings (SSSR count). The van der Waals surface area contributed by atoms with Gasteiger partial charge in [0.05, 0.1) is 12.5 Å². The van der Waals surface area contributed by atoms with Crippen LogP contribution in [0.25, 0.3) is 0 Å². The maximum absolute atomic E-state index is 12.5. The summed E-state index contributed by atoms with van der Waals surface area (Å²) in [6, 6.07) is 12.7. The first-order valence-electron chi connectivity index (χ1n) is 10.9. The van der Waals surface area contributed by atoms with Gasteiger partial charge in [0, 0.05) is 22.0 Å². The number of H-pyrrole nitrogens is 1. The summed E-state index contributed by atoms with van der Waals surface area (Å²) < 4.78 is 17.1. The van der Waals surface area contributed by atoms with Crippen molar-refractivity contribution in [1.82, 2.24) is 10.2 Å². The molecule has 0 bridgehead atoms. The Morgan fingerprint density at radius 2 is 2.09 bits per heavy atom. The number of ether oxygens (including phenoxy) is 3. The van der Waals surface area contributed by atoms with Crippen molar-refractivity contribution < 1.29 is 19.0 Å². The van der Waals surface area contributed by atoms with Crippen LogP contribution in [0.3, 0.4) is 0 Å². The average molecular weight is 494 g/mol. The van der Waals surface area contributed by atoms with Crippen molar-refractivity contribution in [3.05, 3.63) is 75.3 Å². The fourth-order valence-electron chi connectivity index (χ4n) is 3.90. The van der Waals surface area contributed by atoms with Crippen LogP contribution in [-0.4, -0.2) is 29.3 Å². The highest BCUT2D eigenvalue weighted by atomic mass is 35.5. The first-order valence-corrected chi connectivity index (χ1v) is 11.3. The van der Waals surface area contributed by atoms with Gasteiger partial charge in [-0.25, -0.2) is 0 Å². The number of allylic oxidation sites excluding steroid dienone is 1. The molecular weight excluding hydrogens is 470 g/mol. The molecule has 0 fully saturated rings. The summed E-state index contributed by atoms with van der Waals surface area (Å²) in [6.45, 7) is 5.66. The number of anilines is 1. The Morgan fingerprint density at radius 3 is 2.83 bits per heavy atom. The number of nitriles is 1. The van der Waals surface area contributed by atoms with Crippen LogP contribution in [0.1, 0.15) is 35.2 Å². The lowest BCUT2D eigenvalue weighted by molar-refractivity contribution is -0.118. The Bertz CT molecular complexity index is 1360. The molecule has 10 heteroatoms. The number of aryl methyl sites for hydroxylation is 1. The molecule has 180 valence electrons. The number of carbonyl (C=O) groups excluding carboxylic acids is 1. The third-order valence-electron chi connectivity index (χ3n) is 5.63. The molecule has 1 atom stereocenters. The van der Waals surface area contributed by atoms with Crippen molar-refractivity contribution in [2.24, 2.45) is 5.73 Å². The van der Waals surface area contributed by atoms with Crippen molar-refractivity contribution in [2.45, 2.75) is 26.7 Å². The van der Waals surface area contributed by atoms with E-state index in [-0.39, 0.29) is 24.0 Å². The van der Waals surface area contributed by atoms with Crippen molar-refractivity contribution in [3.63, 3.8) is 0 Å². The minimum Gasteiger partial charge on any atom is -0.490 e. The van der Waals surface area contributed by atoms with Gasteiger partial charge in [-0.1, -0.05) is 23.7 Å². The van der Waals surface area contributed by atoms with Crippen molar-refractivity contribution in [2.75, 3.05) is 18.5 Å². The van der Waals surface area contributed by atoms with E-state index in [1.165, 1.54) is 0 Å². The molecule has 1 aromatic heterocycles. The summed E-state index contributed by atoms with van der Waals surface area (Å²) in [5.41, 5.74) is 9.89. The predicted octanol–water partition coefficient (Wildman–Crippen LogP) is 4.31. The quantitative estimate of drug-likeness (QED) is 0.446. The number of nitrogens with one attached hydrogen (secondary N) is 2. The number of benzene rings is 2. The van der Waals surface area contributed by atoms with E-state index in [0.29, 0.717) is 34.7 Å². The molecule has 1 aliphatic rings. The molecule has 35 heavy (non-hydrogen) atoms. The fourth-order valence-corrected chi connectivity index (χ4v) is 4.07. The number of amides is 1. The Morgan fingerprint density at radius 1 is 1.29 bits per heavy atom. The van der Waals surface area contributed by atoms with Crippen LogP contribution in [0.5, 0.6) is 17.4 Å². The Labute approximate surface area is 207 Å². The number of fused-ring (bicyclic) bond motifs is 1. The van der Waals surface area contributed by atoms with Crippen LogP contribution >= 0.6 is 11.6 Å². The lowest BCUT2D eigenvalue weighted by atomic mass is 9.84. The second-order valence-corrected chi connectivity index (χ2v) is 8.29. The van der Waals surface area contributed by atoms with Gasteiger partial charge in [0.25, 0.3) is 5.91 Å². The molecule has 4 N–H and O–H groups in total. The van der Waals surface area contributed by atoms with Crippen LogP contribution in [0.2, 0.25) is 5.02 Å². The number of nitrogens with zero attached hydrogens (tertiary/aromatic N) is 2. The molecule has 9 nitrogen and oxygen atoms in total. The highest BCUT2D eigenvalue weighted by Crippen LogP contribution is 2.44. The zero-order valence-corrected chi connectivity index (χ0v) is 20.2. The van der Waals surface area contributed by atoms with E-state index in [2.05, 4.69) is 21.6 Å². The van der Waals surface area contributed by atoms with Gasteiger partial charge in [0.15, 0.2) is 18.1 Å². The highest BCUT2D eigenvalue weighted by Gasteiger charge is 2.34. The van der Waals surface area contributed by atoms with Crippen LogP contribution in [0, 0.1) is 25.2 Å². The van der Waals surface area contributed by atoms with E-state index < -0.39 is 5.92 Å². The molecule has 0 spiro atoms. The van der Waals surface area contributed by atoms with Crippen LogP contribution in [-0.2, 0) is 4.79 Å². The van der Waals surface area contributed by atoms with Gasteiger partial charge in [-0.15, -0.1) is 5.10 Å². The van der Waals surface area contributed by atoms with Crippen LogP contribution in [0.4, 0.5) is 5.69 Å². The normalized spacial score (nSPS) is 14.5. The Balaban J connectivity index is 1.59. The van der Waals surface area contributed by atoms with E-state index in [1.54, 1.807) is 36.4 Å². The molecule has 1 amide bonds. The molecule has 0 saturated carbocycles. The number of carbonyl (C=O) groups is 1. The maximum atomic E-state index is 12.5. The van der Waals surface area contributed by atoms with Crippen LogP contribution < -0.4 is 25.3 Å². The van der Waals surface area contributed by atoms with Gasteiger partial charge in [-0.05, 0) is 56.2 Å². The predicted molar refractivity (Wildman–Crippen MR) is 131 cm³/mol. The number of rotatable bonds is 7. The van der Waals surface area contributed by atoms with Gasteiger partial charge in [-0.3, -0.25) is 9.89 Å². The molecule has 2 heterocycles. The van der Waals surface area contributed by atoms with Gasteiger partial charge >= 0.3 is 0 Å². The molecule has 0 radical (unpaired) electrons. The summed E-state index contributed by atoms with van der Waals surface area (Å²) in [5.74, 6) is 0.317. The summed E-state index contributed by atoms with van der Waals surface area (Å²) in [5, 5.41) is 20.2. The van der Waals surface area contributed by atoms with Crippen molar-refractivity contribution in [3.8, 4) is 23.4 Å². The maximum Gasteiger partial charge on any atom is 0.262 e. The minimum absolute atomic E-state index is 0.00256. The lowest BCUT2D eigenvalue weighted by Gasteiger charge is -2.24. The molecule has 3 aromatic rings. The molecule has 2 aromatic carbocycles. The van der Waals surface area contributed by atoms with Crippen molar-refractivity contribution >= 4 is 23.2 Å². The summed E-state index contributed by atoms with van der Waals surface area (Å²) in [7, 11) is 0. The van der Waals surface area contributed by atoms with E-state index >= 15 is 0 Å². The summed E-state index contributed by atoms with van der Waals surface area (Å²) in [6.07, 6.45) is 0. The van der Waals surface area contributed by atoms with E-state index in [4.69, 9.17) is 31.5 Å². The summed E-state index contributed by atoms with van der Waals surface area (Å²) >= 11 is 6.12. The third-order valence-corrected chi connectivity index (χ3v) is 6.04. The average Bonchev–Trinajstić information content (AvgIpc) is 3.20. The topological polar surface area (TPSA) is 135 Å². The lowest BCUT2D eigenvalue weighted by Crippen LogP contribution is -2.22. The Kier molecular flexibility index (Phi) is 6.85. The molecule has 1 aliphatic heterocycles. The first kappa shape index (κ1) is 24.0. The fraction of sp³-hybridized carbons (Fsp3) is 0.240. The SMILES string of the molecule is CCOc1cc(C2C(C#N)=C(N)Oc3n[nH]c(C)c32)ccc1OCC(=O)Nc1cccc(Cl)c1C. The van der Waals surface area contributed by atoms with Crippen LogP contribution in [0.15, 0.2) is 47.9 Å². The van der Waals surface area contributed by atoms with Gasteiger partial charge in [0.2, 0.25) is 11.8 Å². The second kappa shape index (κ2) is 9.99. The first-order chi connectivity index (χ1) is 16.8. The number of hydrogen-bond donors (Lipinski definition) is 3. The number of hydrogen-bond acceptors (Lipinski definition) is 7. The standard InChI is InChI=1S/C25H24ClN5O4/c1-4-33-20-10-15(23-16(11-27)24(28)35-25-22(23)14(3)30-31-25)8-9-19(20)34-12-21(32)29-18-7-5-6-17(26)13(18)2/h5-10,23H,4,12,28H2,1-3H3,(H,29,32)(H,30,31). The Hall–Kier alpha value is -4.16. The van der Waals surface area contributed by atoms with Crippen molar-refractivity contribution in [1.29, 1.82) is 5.26 Å². The smallest absolute Gasteiger partial charge is 0.262 e. The minimum atomic E-state index is -0.496. The molecule has 0 aliphatic carbocycles. The number of aromatic amines is 1. The third kappa shape index (κ3) is 4.74. The summed E-state index contributed by atoms with van der Waals surface area (Å²) in [4.78, 5) is 12.5. The van der Waals surface area contributed by atoms with Gasteiger partial charge < -0.3 is 25.3 Å². The molecule has 1 unspecified atom stereocenters. The highest BCUT2D eigenvalue weighted by molar-refractivity contribution is 6.31. The van der Waals surface area contributed by atoms with Gasteiger partial charge in [-0.2, -0.15) is 5.26 Å². The zero-order chi connectivity index (χ0) is 25.1. The monoisotopic (exact) mass is 493 g/mol. The van der Waals surface area contributed by atoms with E-state index in [1.807, 2.05) is 20.8 Å². The largest absolute Gasteiger partial charge is 0.490 e. The van der Waals surface area contributed by atoms with E-state index in [9.17, 15) is 10.1 Å². The number of halogens is 1. The molecule has 0 saturated heterocycles. The van der Waals surface area contributed by atoms with E-state index in [0.717, 1.165) is 22.4 Å². The zero-order valence-electron chi connectivity index (χ0n) is 19.4. The number of nitrogens with two attached hydrogens (primary N) is 1. The van der Waals surface area contributed by atoms with Gasteiger partial charge in [0.1, 0.15) is 11.6 Å². The number of aromatic nitrogens is 2.